The molecule has 2 atom stereocenters. The molecule has 3 N–H and O–H groups in total. The third kappa shape index (κ3) is 5.47. The second-order valence-electron chi connectivity index (χ2n) is 9.74. The molecule has 1 aliphatic rings. The minimum Gasteiger partial charge on any atom is -0.327 e. The van der Waals surface area contributed by atoms with E-state index in [1.54, 1.807) is 49.6 Å². The summed E-state index contributed by atoms with van der Waals surface area (Å²) in [5.74, 6) is -0.499. The van der Waals surface area contributed by atoms with Gasteiger partial charge in [-0.1, -0.05) is 12.1 Å². The topological polar surface area (TPSA) is 149 Å². The summed E-state index contributed by atoms with van der Waals surface area (Å²) < 4.78 is 17.3. The van der Waals surface area contributed by atoms with Crippen molar-refractivity contribution < 1.29 is 18.8 Å². The lowest BCUT2D eigenvalue weighted by Gasteiger charge is -2.24. The number of likely N-dealkylation sites (tertiary alicyclic amines) is 1. The van der Waals surface area contributed by atoms with Crippen LogP contribution in [0.2, 0.25) is 0 Å². The lowest BCUT2D eigenvalue weighted by Crippen LogP contribution is -2.45. The highest BCUT2D eigenvalue weighted by atomic mass is 79.9. The van der Waals surface area contributed by atoms with Crippen molar-refractivity contribution in [2.24, 2.45) is 5.73 Å². The zero-order valence-electron chi connectivity index (χ0n) is 21.8. The number of aryl methyl sites for hydroxylation is 1. The third-order valence-electron chi connectivity index (χ3n) is 6.83. The number of anilines is 1. The van der Waals surface area contributed by atoms with Gasteiger partial charge < -0.3 is 16.0 Å². The second-order valence-corrected chi connectivity index (χ2v) is 10.6. The number of benzene rings is 1. The molecule has 2 amide bonds. The number of rotatable bonds is 7. The maximum Gasteiger partial charge on any atom is 0.248 e. The first-order valence-electron chi connectivity index (χ1n) is 12.5. The van der Waals surface area contributed by atoms with Crippen molar-refractivity contribution in [2.45, 2.75) is 38.5 Å². The Hall–Kier alpha value is -4.10. The van der Waals surface area contributed by atoms with Gasteiger partial charge >= 0.3 is 0 Å². The van der Waals surface area contributed by atoms with E-state index in [1.807, 2.05) is 6.07 Å². The molecule has 0 saturated carbocycles. The Morgan fingerprint density at radius 1 is 1.18 bits per heavy atom. The Balaban J connectivity index is 1.44. The van der Waals surface area contributed by atoms with Crippen molar-refractivity contribution in [2.75, 3.05) is 18.4 Å². The number of alkyl halides is 1. The summed E-state index contributed by atoms with van der Waals surface area (Å²) in [4.78, 5) is 52.9. The molecule has 1 unspecified atom stereocenters. The molecule has 3 aromatic heterocycles. The van der Waals surface area contributed by atoms with Gasteiger partial charge in [-0.05, 0) is 52.7 Å². The molecule has 0 spiro atoms. The maximum absolute atomic E-state index is 15.4. The quantitative estimate of drug-likeness (QED) is 0.240. The number of aromatic nitrogens is 5. The molecule has 0 radical (unpaired) electrons. The highest BCUT2D eigenvalue weighted by Gasteiger charge is 2.48. The molecule has 1 aliphatic heterocycles. The van der Waals surface area contributed by atoms with Crippen LogP contribution in [0.5, 0.6) is 0 Å². The number of hydrogen-bond acceptors (Lipinski definition) is 8. The first-order chi connectivity index (χ1) is 19.1. The Morgan fingerprint density at radius 2 is 1.93 bits per heavy atom. The highest BCUT2D eigenvalue weighted by Crippen LogP contribution is 2.32. The van der Waals surface area contributed by atoms with Crippen LogP contribution in [0.15, 0.2) is 53.4 Å². The second kappa shape index (κ2) is 10.8. The van der Waals surface area contributed by atoms with Crippen molar-refractivity contribution in [1.82, 2.24) is 29.6 Å². The Kier molecular flexibility index (Phi) is 7.43. The van der Waals surface area contributed by atoms with Crippen LogP contribution in [0.25, 0.3) is 22.0 Å². The van der Waals surface area contributed by atoms with E-state index in [0.29, 0.717) is 21.3 Å². The SMILES string of the molecule is CC(=O)c1nn(CC(=O)N2CC(F)(CN)C[C@H]2C(=O)Nc2cccc(Br)n2)c2ccc(-c3cnc(C)nc3)cc12. The average molecular weight is 609 g/mol. The number of pyridine rings is 1. The maximum atomic E-state index is 15.4. The largest absolute Gasteiger partial charge is 0.327 e. The minimum absolute atomic E-state index is 0.191. The number of hydrogen-bond donors (Lipinski definition) is 2. The fraction of sp³-hybridized carbons (Fsp3) is 0.296. The number of Topliss-reactive ketones (excluding diaryl/α,β-unsaturated/α-hetero) is 1. The van der Waals surface area contributed by atoms with Crippen molar-refractivity contribution in [1.29, 1.82) is 0 Å². The van der Waals surface area contributed by atoms with Crippen LogP contribution in [0.3, 0.4) is 0 Å². The van der Waals surface area contributed by atoms with Crippen molar-refractivity contribution in [3.63, 3.8) is 0 Å². The van der Waals surface area contributed by atoms with E-state index < -0.39 is 23.5 Å². The van der Waals surface area contributed by atoms with E-state index in [4.69, 9.17) is 5.73 Å². The predicted molar refractivity (Wildman–Crippen MR) is 149 cm³/mol. The number of nitrogens with one attached hydrogen (secondary N) is 1. The van der Waals surface area contributed by atoms with Crippen molar-refractivity contribution in [3.05, 3.63) is 64.9 Å². The van der Waals surface area contributed by atoms with E-state index >= 15 is 4.39 Å². The van der Waals surface area contributed by atoms with Gasteiger partial charge in [0.2, 0.25) is 11.8 Å². The summed E-state index contributed by atoms with van der Waals surface area (Å²) in [5.41, 5.74) is 6.02. The van der Waals surface area contributed by atoms with Gasteiger partial charge in [-0.3, -0.25) is 19.1 Å². The summed E-state index contributed by atoms with van der Waals surface area (Å²) in [5, 5.41) is 7.61. The molecule has 1 fully saturated rings. The van der Waals surface area contributed by atoms with Crippen LogP contribution in [0, 0.1) is 6.92 Å². The van der Waals surface area contributed by atoms with Crippen LogP contribution in [-0.4, -0.2) is 72.0 Å². The summed E-state index contributed by atoms with van der Waals surface area (Å²) >= 11 is 3.25. The Morgan fingerprint density at radius 3 is 2.60 bits per heavy atom. The standard InChI is InChI=1S/C27H26BrFN8O3/c1-15(38)25-19-8-17(18-10-31-16(2)32-11-18)6-7-20(19)37(35-25)12-24(39)36-14-27(29,13-30)9-21(36)26(40)34-23-5-3-4-22(28)33-23/h3-8,10-11,21H,9,12-14,30H2,1-2H3,(H,33,34,40)/t21-,27?/m0/s1. The summed E-state index contributed by atoms with van der Waals surface area (Å²) in [6.45, 7) is 2.18. The van der Waals surface area contributed by atoms with Gasteiger partial charge in [-0.15, -0.1) is 0 Å². The lowest BCUT2D eigenvalue weighted by atomic mass is 10.0. The number of carbonyl (C=O) groups is 3. The molecule has 11 nitrogen and oxygen atoms in total. The Bertz CT molecular complexity index is 1630. The van der Waals surface area contributed by atoms with Crippen LogP contribution in [0.4, 0.5) is 10.2 Å². The van der Waals surface area contributed by atoms with E-state index in [0.717, 1.165) is 11.1 Å². The van der Waals surface area contributed by atoms with Crippen LogP contribution >= 0.6 is 15.9 Å². The molecule has 5 rings (SSSR count). The minimum atomic E-state index is -1.93. The fourth-order valence-corrected chi connectivity index (χ4v) is 5.11. The number of amides is 2. The molecule has 0 aliphatic carbocycles. The number of halogens is 2. The molecule has 40 heavy (non-hydrogen) atoms. The molecular weight excluding hydrogens is 583 g/mol. The van der Waals surface area contributed by atoms with E-state index in [-0.39, 0.29) is 43.4 Å². The van der Waals surface area contributed by atoms with E-state index in [9.17, 15) is 14.4 Å². The normalized spacial score (nSPS) is 18.7. The van der Waals surface area contributed by atoms with Gasteiger partial charge in [0.05, 0.1) is 12.1 Å². The van der Waals surface area contributed by atoms with Gasteiger partial charge in [0.25, 0.3) is 0 Å². The molecule has 1 saturated heterocycles. The molecule has 13 heteroatoms. The fourth-order valence-electron chi connectivity index (χ4n) is 4.77. The van der Waals surface area contributed by atoms with E-state index in [2.05, 4.69) is 41.3 Å². The van der Waals surface area contributed by atoms with Crippen molar-refractivity contribution in [3.8, 4) is 11.1 Å². The van der Waals surface area contributed by atoms with E-state index in [1.165, 1.54) is 16.5 Å². The van der Waals surface area contributed by atoms with Gasteiger partial charge in [-0.25, -0.2) is 19.3 Å². The Labute approximate surface area is 237 Å². The van der Waals surface area contributed by atoms with Crippen LogP contribution < -0.4 is 11.1 Å². The smallest absolute Gasteiger partial charge is 0.248 e. The number of fused-ring (bicyclic) bond motifs is 1. The summed E-state index contributed by atoms with van der Waals surface area (Å²) in [6.07, 6.45) is 3.12. The van der Waals surface area contributed by atoms with Gasteiger partial charge in [0.15, 0.2) is 5.78 Å². The number of nitrogens with two attached hydrogens (primary N) is 1. The van der Waals surface area contributed by atoms with Crippen LogP contribution in [0.1, 0.15) is 29.7 Å². The summed E-state index contributed by atoms with van der Waals surface area (Å²) in [7, 11) is 0. The first kappa shape index (κ1) is 27.5. The summed E-state index contributed by atoms with van der Waals surface area (Å²) in [6, 6.07) is 9.24. The first-order valence-corrected chi connectivity index (χ1v) is 13.3. The highest BCUT2D eigenvalue weighted by molar-refractivity contribution is 9.10. The number of nitrogens with zero attached hydrogens (tertiary/aromatic N) is 6. The van der Waals surface area contributed by atoms with Crippen molar-refractivity contribution >= 4 is 50.2 Å². The average Bonchev–Trinajstić information content (AvgIpc) is 3.47. The van der Waals surface area contributed by atoms with Gasteiger partial charge in [0, 0.05) is 43.2 Å². The zero-order chi connectivity index (χ0) is 28.6. The van der Waals surface area contributed by atoms with Gasteiger partial charge in [0.1, 0.15) is 40.2 Å². The molecule has 4 heterocycles. The molecular formula is C27H26BrFN8O3. The zero-order valence-corrected chi connectivity index (χ0v) is 23.4. The molecule has 0 bridgehead atoms. The predicted octanol–water partition coefficient (Wildman–Crippen LogP) is 3.07. The van der Waals surface area contributed by atoms with Gasteiger partial charge in [-0.2, -0.15) is 5.10 Å². The number of carbonyl (C=O) groups excluding carboxylic acids is 3. The molecule has 206 valence electrons. The molecule has 4 aromatic rings. The monoisotopic (exact) mass is 608 g/mol. The molecule has 1 aromatic carbocycles. The third-order valence-corrected chi connectivity index (χ3v) is 7.27. The lowest BCUT2D eigenvalue weighted by molar-refractivity contribution is -0.137. The number of ketones is 1. The van der Waals surface area contributed by atoms with Crippen LogP contribution in [-0.2, 0) is 16.1 Å².